The van der Waals surface area contributed by atoms with Crippen molar-refractivity contribution in [3.05, 3.63) is 23.8 Å². The predicted molar refractivity (Wildman–Crippen MR) is 83.6 cm³/mol. The molecular formula is C17H27NO3. The molecule has 1 saturated carbocycles. The molecule has 1 aromatic carbocycles. The molecule has 1 fully saturated rings. The van der Waals surface area contributed by atoms with Gasteiger partial charge in [0, 0.05) is 18.2 Å². The van der Waals surface area contributed by atoms with Crippen molar-refractivity contribution in [2.24, 2.45) is 5.73 Å². The van der Waals surface area contributed by atoms with Crippen molar-refractivity contribution in [3.63, 3.8) is 0 Å². The molecule has 3 N–H and O–H groups in total. The molecule has 0 bridgehead atoms. The van der Waals surface area contributed by atoms with E-state index in [0.29, 0.717) is 13.2 Å². The molecule has 1 aromatic rings. The monoisotopic (exact) mass is 293 g/mol. The van der Waals surface area contributed by atoms with E-state index in [-0.39, 0.29) is 6.10 Å². The van der Waals surface area contributed by atoms with E-state index in [1.165, 1.54) is 6.42 Å². The van der Waals surface area contributed by atoms with E-state index in [2.05, 4.69) is 6.92 Å². The van der Waals surface area contributed by atoms with Gasteiger partial charge >= 0.3 is 0 Å². The number of hydrogen-bond acceptors (Lipinski definition) is 4. The van der Waals surface area contributed by atoms with Gasteiger partial charge in [0.1, 0.15) is 17.6 Å². The normalized spacial score (nSPS) is 22.6. The molecule has 1 aliphatic carbocycles. The third kappa shape index (κ3) is 4.61. The molecular weight excluding hydrogens is 266 g/mol. The summed E-state index contributed by atoms with van der Waals surface area (Å²) in [7, 11) is 0. The summed E-state index contributed by atoms with van der Waals surface area (Å²) in [6.45, 7) is 3.19. The highest BCUT2D eigenvalue weighted by atomic mass is 16.5. The summed E-state index contributed by atoms with van der Waals surface area (Å²) in [5, 5.41) is 10.2. The largest absolute Gasteiger partial charge is 0.493 e. The summed E-state index contributed by atoms with van der Waals surface area (Å²) in [6.07, 6.45) is 5.49. The minimum atomic E-state index is -0.390. The van der Waals surface area contributed by atoms with Crippen molar-refractivity contribution in [1.29, 1.82) is 0 Å². The van der Waals surface area contributed by atoms with Gasteiger partial charge in [0.15, 0.2) is 0 Å². The highest BCUT2D eigenvalue weighted by Crippen LogP contribution is 2.29. The molecule has 118 valence electrons. The van der Waals surface area contributed by atoms with Crippen LogP contribution in [0.25, 0.3) is 0 Å². The molecule has 0 spiro atoms. The van der Waals surface area contributed by atoms with E-state index in [1.54, 1.807) is 0 Å². The van der Waals surface area contributed by atoms with Crippen molar-refractivity contribution in [1.82, 2.24) is 0 Å². The Hall–Kier alpha value is -1.26. The Morgan fingerprint density at radius 1 is 1.24 bits per heavy atom. The maximum Gasteiger partial charge on any atom is 0.128 e. The minimum absolute atomic E-state index is 0.140. The molecule has 2 atom stereocenters. The van der Waals surface area contributed by atoms with Crippen LogP contribution in [0.15, 0.2) is 18.2 Å². The number of nitrogens with two attached hydrogens (primary N) is 1. The lowest BCUT2D eigenvalue weighted by Gasteiger charge is -2.23. The second kappa shape index (κ2) is 8.25. The second-order valence-electron chi connectivity index (χ2n) is 5.68. The second-order valence-corrected chi connectivity index (χ2v) is 5.68. The van der Waals surface area contributed by atoms with Gasteiger partial charge in [-0.1, -0.05) is 25.8 Å². The van der Waals surface area contributed by atoms with E-state index in [9.17, 15) is 5.11 Å². The Morgan fingerprint density at radius 3 is 2.81 bits per heavy atom. The molecule has 0 aliphatic heterocycles. The van der Waals surface area contributed by atoms with Crippen LogP contribution >= 0.6 is 0 Å². The Morgan fingerprint density at radius 2 is 2.05 bits per heavy atom. The van der Waals surface area contributed by atoms with Gasteiger partial charge in [-0.2, -0.15) is 0 Å². The van der Waals surface area contributed by atoms with Crippen LogP contribution in [0, 0.1) is 0 Å². The first-order valence-corrected chi connectivity index (χ1v) is 8.05. The smallest absolute Gasteiger partial charge is 0.128 e. The number of hydrogen-bond donors (Lipinski definition) is 2. The van der Waals surface area contributed by atoms with Crippen LogP contribution in [0.4, 0.5) is 0 Å². The average Bonchev–Trinajstić information content (AvgIpc) is 2.70. The summed E-state index contributed by atoms with van der Waals surface area (Å²) in [4.78, 5) is 0. The van der Waals surface area contributed by atoms with Gasteiger partial charge in [0.25, 0.3) is 0 Å². The Balaban J connectivity index is 2.11. The van der Waals surface area contributed by atoms with Gasteiger partial charge < -0.3 is 20.3 Å². The molecule has 4 heteroatoms. The molecule has 4 nitrogen and oxygen atoms in total. The fourth-order valence-corrected chi connectivity index (χ4v) is 2.68. The summed E-state index contributed by atoms with van der Waals surface area (Å²) in [5.74, 6) is 1.55. The van der Waals surface area contributed by atoms with Crippen molar-refractivity contribution >= 4 is 0 Å². The van der Waals surface area contributed by atoms with Gasteiger partial charge in [-0.3, -0.25) is 0 Å². The van der Waals surface area contributed by atoms with E-state index >= 15 is 0 Å². The number of aliphatic hydroxyl groups is 1. The van der Waals surface area contributed by atoms with Crippen molar-refractivity contribution in [2.75, 3.05) is 6.61 Å². The van der Waals surface area contributed by atoms with Crippen LogP contribution in [0.5, 0.6) is 11.5 Å². The third-order valence-corrected chi connectivity index (χ3v) is 3.93. The van der Waals surface area contributed by atoms with Gasteiger partial charge in [-0.25, -0.2) is 0 Å². The average molecular weight is 293 g/mol. The molecule has 2 unspecified atom stereocenters. The zero-order valence-electron chi connectivity index (χ0n) is 12.9. The van der Waals surface area contributed by atoms with E-state index < -0.39 is 6.10 Å². The highest BCUT2D eigenvalue weighted by Gasteiger charge is 2.24. The first kappa shape index (κ1) is 16.1. The third-order valence-electron chi connectivity index (χ3n) is 3.93. The van der Waals surface area contributed by atoms with Crippen molar-refractivity contribution < 1.29 is 14.6 Å². The first-order valence-electron chi connectivity index (χ1n) is 8.05. The Bertz CT molecular complexity index is 436. The molecule has 0 radical (unpaired) electrons. The van der Waals surface area contributed by atoms with Crippen LogP contribution < -0.4 is 15.2 Å². The SMILES string of the molecule is CCCOc1ccc(CN)c(OC2CCCCCC2O)c1. The molecule has 2 rings (SSSR count). The van der Waals surface area contributed by atoms with Crippen LogP contribution in [0.2, 0.25) is 0 Å². The molecule has 21 heavy (non-hydrogen) atoms. The molecule has 0 saturated heterocycles. The topological polar surface area (TPSA) is 64.7 Å². The van der Waals surface area contributed by atoms with Crippen LogP contribution in [0.3, 0.4) is 0 Å². The Labute approximate surface area is 127 Å². The quantitative estimate of drug-likeness (QED) is 0.791. The van der Waals surface area contributed by atoms with Crippen LogP contribution in [0.1, 0.15) is 51.0 Å². The zero-order chi connectivity index (χ0) is 15.1. The number of rotatable bonds is 6. The van der Waals surface area contributed by atoms with Gasteiger partial charge in [0.05, 0.1) is 12.7 Å². The lowest BCUT2D eigenvalue weighted by molar-refractivity contribution is 0.0313. The maximum atomic E-state index is 10.2. The summed E-state index contributed by atoms with van der Waals surface area (Å²) >= 11 is 0. The number of benzene rings is 1. The van der Waals surface area contributed by atoms with Gasteiger partial charge in [-0.15, -0.1) is 0 Å². The molecule has 1 aliphatic rings. The zero-order valence-corrected chi connectivity index (χ0v) is 12.9. The fraction of sp³-hybridized carbons (Fsp3) is 0.647. The van der Waals surface area contributed by atoms with Crippen LogP contribution in [-0.4, -0.2) is 23.9 Å². The van der Waals surface area contributed by atoms with Gasteiger partial charge in [-0.05, 0) is 31.7 Å². The Kier molecular flexibility index (Phi) is 6.33. The molecule has 0 amide bonds. The van der Waals surface area contributed by atoms with E-state index in [1.807, 2.05) is 18.2 Å². The summed E-state index contributed by atoms with van der Waals surface area (Å²) < 4.78 is 11.7. The highest BCUT2D eigenvalue weighted by molar-refractivity contribution is 5.41. The summed E-state index contributed by atoms with van der Waals surface area (Å²) in [5.41, 5.74) is 6.74. The summed E-state index contributed by atoms with van der Waals surface area (Å²) in [6, 6.07) is 5.77. The lowest BCUT2D eigenvalue weighted by atomic mass is 10.1. The molecule has 0 heterocycles. The van der Waals surface area contributed by atoms with Crippen LogP contribution in [-0.2, 0) is 6.54 Å². The number of ether oxygens (including phenoxy) is 2. The number of aliphatic hydroxyl groups excluding tert-OH is 1. The van der Waals surface area contributed by atoms with E-state index in [4.69, 9.17) is 15.2 Å². The standard InChI is InChI=1S/C17H27NO3/c1-2-10-20-14-9-8-13(12-18)17(11-14)21-16-7-5-3-4-6-15(16)19/h8-9,11,15-16,19H,2-7,10,12,18H2,1H3. The molecule has 0 aromatic heterocycles. The first-order chi connectivity index (χ1) is 10.2. The fourth-order valence-electron chi connectivity index (χ4n) is 2.68. The van der Waals surface area contributed by atoms with Gasteiger partial charge in [0.2, 0.25) is 0 Å². The predicted octanol–water partition coefficient (Wildman–Crippen LogP) is 3.01. The minimum Gasteiger partial charge on any atom is -0.493 e. The van der Waals surface area contributed by atoms with Crippen molar-refractivity contribution in [2.45, 2.75) is 64.2 Å². The van der Waals surface area contributed by atoms with E-state index in [0.717, 1.165) is 49.2 Å². The maximum absolute atomic E-state index is 10.2. The lowest BCUT2D eigenvalue weighted by Crippen LogP contribution is -2.31. The van der Waals surface area contributed by atoms with Crippen molar-refractivity contribution in [3.8, 4) is 11.5 Å².